The minimum atomic E-state index is -0.0636. The van der Waals surface area contributed by atoms with E-state index < -0.39 is 0 Å². The van der Waals surface area contributed by atoms with Crippen LogP contribution in [0.4, 0.5) is 0 Å². The average molecular weight is 210 g/mol. The largest absolute Gasteiger partial charge is 0.346 e. The molecule has 0 saturated carbocycles. The fraction of sp³-hybridized carbons (Fsp3) is 0.400. The molecule has 2 fully saturated rings. The molecule has 2 heterocycles. The summed E-state index contributed by atoms with van der Waals surface area (Å²) in [4.78, 5) is 0. The Labute approximate surface area is 86.2 Å². The van der Waals surface area contributed by atoms with E-state index in [4.69, 9.17) is 4.74 Å². The van der Waals surface area contributed by atoms with Gasteiger partial charge in [0.2, 0.25) is 0 Å². The topological polar surface area (TPSA) is 9.23 Å². The number of hydrogen-bond donors (Lipinski definition) is 0. The Morgan fingerprint density at radius 3 is 2.38 bits per heavy atom. The summed E-state index contributed by atoms with van der Waals surface area (Å²) in [6.07, 6.45) is 0.482. The first-order valence-electron chi connectivity index (χ1n) is 4.40. The van der Waals surface area contributed by atoms with E-state index in [0.29, 0.717) is 6.10 Å². The molecule has 2 aliphatic rings. The van der Waals surface area contributed by atoms with Crippen LogP contribution in [-0.2, 0) is 9.00 Å². The van der Waals surface area contributed by atoms with Crippen molar-refractivity contribution >= 4 is 23.5 Å². The van der Waals surface area contributed by atoms with Gasteiger partial charge in [-0.1, -0.05) is 30.3 Å². The van der Waals surface area contributed by atoms with Crippen LogP contribution in [0.1, 0.15) is 5.56 Å². The fourth-order valence-electron chi connectivity index (χ4n) is 1.73. The molecule has 13 heavy (non-hydrogen) atoms. The highest BCUT2D eigenvalue weighted by molar-refractivity contribution is 8.18. The highest BCUT2D eigenvalue weighted by atomic mass is 32.2. The Hall–Kier alpha value is -0.120. The van der Waals surface area contributed by atoms with Crippen LogP contribution in [0.3, 0.4) is 0 Å². The van der Waals surface area contributed by atoms with E-state index in [1.165, 1.54) is 5.56 Å². The van der Waals surface area contributed by atoms with E-state index in [1.54, 1.807) is 0 Å². The predicted molar refractivity (Wildman–Crippen MR) is 57.9 cm³/mol. The molecule has 0 spiro atoms. The van der Waals surface area contributed by atoms with Gasteiger partial charge in [0, 0.05) is 17.1 Å². The van der Waals surface area contributed by atoms with Crippen LogP contribution in [0.5, 0.6) is 0 Å². The first-order chi connectivity index (χ1) is 6.39. The van der Waals surface area contributed by atoms with Gasteiger partial charge in [0.1, 0.15) is 0 Å². The Morgan fingerprint density at radius 2 is 1.85 bits per heavy atom. The lowest BCUT2D eigenvalue weighted by molar-refractivity contribution is 0.0768. The normalized spacial score (nSPS) is 36.8. The number of hydrogen-bond acceptors (Lipinski definition) is 3. The van der Waals surface area contributed by atoms with Crippen LogP contribution in [0.15, 0.2) is 30.3 Å². The zero-order valence-electron chi connectivity index (χ0n) is 7.10. The molecule has 3 heteroatoms. The van der Waals surface area contributed by atoms with Crippen molar-refractivity contribution in [2.24, 2.45) is 0 Å². The second kappa shape index (κ2) is 2.94. The van der Waals surface area contributed by atoms with Crippen LogP contribution in [-0.4, -0.2) is 17.6 Å². The molecule has 0 aromatic heterocycles. The summed E-state index contributed by atoms with van der Waals surface area (Å²) in [6.45, 7) is 0. The molecule has 1 nitrogen and oxygen atoms in total. The van der Waals surface area contributed by atoms with Crippen LogP contribution in [0.25, 0.3) is 0 Å². The van der Waals surface area contributed by atoms with Gasteiger partial charge < -0.3 is 4.74 Å². The Kier molecular flexibility index (Phi) is 1.86. The Morgan fingerprint density at radius 1 is 1.15 bits per heavy atom. The monoisotopic (exact) mass is 210 g/mol. The zero-order valence-corrected chi connectivity index (χ0v) is 8.74. The van der Waals surface area contributed by atoms with Gasteiger partial charge in [-0.3, -0.25) is 0 Å². The van der Waals surface area contributed by atoms with Crippen molar-refractivity contribution in [1.29, 1.82) is 0 Å². The third-order valence-electron chi connectivity index (χ3n) is 2.37. The van der Waals surface area contributed by atoms with E-state index in [0.717, 1.165) is 11.5 Å². The molecule has 0 unspecified atom stereocenters. The molecular formula is C10H10OS2. The van der Waals surface area contributed by atoms with Gasteiger partial charge in [-0.25, -0.2) is 0 Å². The molecule has 0 atom stereocenters. The third-order valence-corrected chi connectivity index (χ3v) is 5.58. The smallest absolute Gasteiger partial charge is 0.187 e. The van der Waals surface area contributed by atoms with Crippen molar-refractivity contribution in [3.8, 4) is 0 Å². The average Bonchev–Trinajstić information content (AvgIpc) is 2.80. The molecule has 0 amide bonds. The van der Waals surface area contributed by atoms with E-state index in [2.05, 4.69) is 30.3 Å². The van der Waals surface area contributed by atoms with Gasteiger partial charge in [-0.2, -0.15) is 0 Å². The minimum absolute atomic E-state index is 0.0636. The van der Waals surface area contributed by atoms with Gasteiger partial charge in [0.25, 0.3) is 0 Å². The first-order valence-corrected chi connectivity index (χ1v) is 6.37. The lowest BCUT2D eigenvalue weighted by Crippen LogP contribution is -2.12. The van der Waals surface area contributed by atoms with Crippen molar-refractivity contribution in [2.75, 3.05) is 11.5 Å². The number of fused-ring (bicyclic) bond motifs is 2. The maximum Gasteiger partial charge on any atom is 0.187 e. The standard InChI is InChI=1S/C10H10OS2/c1-2-4-8(5-3-1)10-11-9(6-12-10)7-13-10/h1-5,9H,6-7H2. The van der Waals surface area contributed by atoms with Crippen LogP contribution in [0, 0.1) is 0 Å². The lowest BCUT2D eigenvalue weighted by atomic mass is 10.2. The number of rotatable bonds is 1. The Bertz CT molecular complexity index is 304. The number of thioether (sulfide) groups is 2. The van der Waals surface area contributed by atoms with Crippen molar-refractivity contribution < 1.29 is 4.74 Å². The molecule has 1 aromatic carbocycles. The van der Waals surface area contributed by atoms with Crippen molar-refractivity contribution in [3.63, 3.8) is 0 Å². The third kappa shape index (κ3) is 1.22. The molecule has 68 valence electrons. The highest BCUT2D eigenvalue weighted by Crippen LogP contribution is 2.58. The maximum absolute atomic E-state index is 5.97. The SMILES string of the molecule is c1ccc(C23OC(CS2)CS3)cc1. The fourth-order valence-corrected chi connectivity index (χ4v) is 4.81. The summed E-state index contributed by atoms with van der Waals surface area (Å²) in [5, 5.41) is 0. The molecule has 3 rings (SSSR count). The van der Waals surface area contributed by atoms with Gasteiger partial charge >= 0.3 is 0 Å². The first kappa shape index (κ1) is 8.21. The summed E-state index contributed by atoms with van der Waals surface area (Å²) in [6, 6.07) is 10.5. The molecular weight excluding hydrogens is 200 g/mol. The van der Waals surface area contributed by atoms with Gasteiger partial charge in [-0.15, -0.1) is 23.5 Å². The van der Waals surface area contributed by atoms with Crippen LogP contribution in [0.2, 0.25) is 0 Å². The summed E-state index contributed by atoms with van der Waals surface area (Å²) in [7, 11) is 0. The van der Waals surface area contributed by atoms with E-state index >= 15 is 0 Å². The lowest BCUT2D eigenvalue weighted by Gasteiger charge is -2.22. The van der Waals surface area contributed by atoms with Gasteiger partial charge in [0.15, 0.2) is 4.27 Å². The zero-order chi connectivity index (χ0) is 8.73. The van der Waals surface area contributed by atoms with Crippen molar-refractivity contribution in [3.05, 3.63) is 35.9 Å². The summed E-state index contributed by atoms with van der Waals surface area (Å²) < 4.78 is 5.91. The highest BCUT2D eigenvalue weighted by Gasteiger charge is 2.49. The summed E-state index contributed by atoms with van der Waals surface area (Å²) >= 11 is 3.87. The number of benzene rings is 1. The molecule has 0 aliphatic carbocycles. The van der Waals surface area contributed by atoms with Crippen molar-refractivity contribution in [2.45, 2.75) is 10.4 Å². The molecule has 1 aromatic rings. The molecule has 2 bridgehead atoms. The van der Waals surface area contributed by atoms with Gasteiger partial charge in [-0.05, 0) is 0 Å². The molecule has 2 saturated heterocycles. The number of ether oxygens (including phenoxy) is 1. The second-order valence-corrected chi connectivity index (χ2v) is 5.94. The Balaban J connectivity index is 2.00. The van der Waals surface area contributed by atoms with Crippen LogP contribution >= 0.6 is 23.5 Å². The van der Waals surface area contributed by atoms with Crippen molar-refractivity contribution in [1.82, 2.24) is 0 Å². The minimum Gasteiger partial charge on any atom is -0.346 e. The summed E-state index contributed by atoms with van der Waals surface area (Å²) in [5.41, 5.74) is 1.31. The molecule has 0 N–H and O–H groups in total. The van der Waals surface area contributed by atoms with Crippen LogP contribution < -0.4 is 0 Å². The van der Waals surface area contributed by atoms with E-state index in [1.807, 2.05) is 23.5 Å². The van der Waals surface area contributed by atoms with E-state index in [-0.39, 0.29) is 4.27 Å². The summed E-state index contributed by atoms with van der Waals surface area (Å²) in [5.74, 6) is 2.31. The molecule has 2 aliphatic heterocycles. The van der Waals surface area contributed by atoms with E-state index in [9.17, 15) is 0 Å². The maximum atomic E-state index is 5.97. The second-order valence-electron chi connectivity index (χ2n) is 3.28. The quantitative estimate of drug-likeness (QED) is 0.705. The predicted octanol–water partition coefficient (Wildman–Crippen LogP) is 2.68. The van der Waals surface area contributed by atoms with Gasteiger partial charge in [0.05, 0.1) is 6.10 Å². The molecule has 0 radical (unpaired) electrons.